The number of rotatable bonds is 5. The number of nitrogens with two attached hydrogens (primary N) is 1. The summed E-state index contributed by atoms with van der Waals surface area (Å²) in [5.41, 5.74) is 5.76. The maximum atomic E-state index is 13.3. The van der Waals surface area contributed by atoms with Gasteiger partial charge in [0.05, 0.1) is 5.56 Å². The number of pyridine rings is 1. The van der Waals surface area contributed by atoms with Gasteiger partial charge in [-0.05, 0) is 36.8 Å². The number of nitrogens with zero attached hydrogens (tertiary/aromatic N) is 3. The molecule has 29 heavy (non-hydrogen) atoms. The summed E-state index contributed by atoms with van der Waals surface area (Å²) in [6, 6.07) is 9.68. The van der Waals surface area contributed by atoms with Crippen molar-refractivity contribution in [2.45, 2.75) is 19.1 Å². The Bertz CT molecular complexity index is 1060. The Morgan fingerprint density at radius 2 is 2.14 bits per heavy atom. The molecule has 2 heterocycles. The molecule has 148 valence electrons. The van der Waals surface area contributed by atoms with E-state index in [0.717, 1.165) is 0 Å². The monoisotopic (exact) mass is 397 g/mol. The fraction of sp³-hybridized carbons (Fsp3) is 0.200. The van der Waals surface area contributed by atoms with E-state index in [4.69, 9.17) is 15.7 Å². The van der Waals surface area contributed by atoms with Crippen LogP contribution in [0.4, 0.5) is 14.5 Å². The Morgan fingerprint density at radius 3 is 2.83 bits per heavy atom. The molecule has 1 aromatic carbocycles. The predicted octanol–water partition coefficient (Wildman–Crippen LogP) is 3.09. The van der Waals surface area contributed by atoms with Crippen LogP contribution >= 0.6 is 0 Å². The van der Waals surface area contributed by atoms with Crippen LogP contribution in [0.2, 0.25) is 0 Å². The topological polar surface area (TPSA) is 113 Å². The van der Waals surface area contributed by atoms with Crippen molar-refractivity contribution in [1.82, 2.24) is 4.98 Å². The normalized spacial score (nSPS) is 18.1. The minimum absolute atomic E-state index is 0.0157. The van der Waals surface area contributed by atoms with E-state index < -0.39 is 24.8 Å². The van der Waals surface area contributed by atoms with E-state index in [1.54, 1.807) is 31.2 Å². The number of allylic oxidation sites excluding steroid dienone is 1. The van der Waals surface area contributed by atoms with Gasteiger partial charge in [-0.25, -0.2) is 18.8 Å². The van der Waals surface area contributed by atoms with Crippen LogP contribution in [0.3, 0.4) is 0 Å². The van der Waals surface area contributed by atoms with Crippen LogP contribution in [-0.2, 0) is 17.0 Å². The molecule has 1 aliphatic heterocycles. The molecule has 0 saturated carbocycles. The van der Waals surface area contributed by atoms with Gasteiger partial charge in [0.1, 0.15) is 36.4 Å². The smallest absolute Gasteiger partial charge is 0.288 e. The summed E-state index contributed by atoms with van der Waals surface area (Å²) in [5, 5.41) is 11.5. The molecule has 0 bridgehead atoms. The molecule has 2 aromatic rings. The first kappa shape index (κ1) is 19.9. The largest absolute Gasteiger partial charge is 0.428 e. The molecular weight excluding hydrogens is 380 g/mol. The summed E-state index contributed by atoms with van der Waals surface area (Å²) in [6.45, 7) is -0.0465. The molecule has 0 aliphatic carbocycles. The van der Waals surface area contributed by atoms with E-state index in [-0.39, 0.29) is 28.6 Å². The number of aliphatic imine (C=N–C) groups is 1. The van der Waals surface area contributed by atoms with Gasteiger partial charge in [0.15, 0.2) is 0 Å². The molecule has 0 saturated heterocycles. The van der Waals surface area contributed by atoms with Crippen LogP contribution in [0.1, 0.15) is 34.1 Å². The summed E-state index contributed by atoms with van der Waals surface area (Å²) in [6.07, 6.45) is 2.71. The number of nitrogens with one attached hydrogen (secondary N) is 1. The van der Waals surface area contributed by atoms with E-state index in [1.165, 1.54) is 18.3 Å². The average Bonchev–Trinajstić information content (AvgIpc) is 2.72. The SMILES string of the molecule is C[C@@]1(c2cccc(NC(=O)c3ncc(C#N)cc3CF)c2)C=C(CF)OC(N)=N1. The van der Waals surface area contributed by atoms with Gasteiger partial charge >= 0.3 is 0 Å². The van der Waals surface area contributed by atoms with Gasteiger partial charge in [-0.3, -0.25) is 4.79 Å². The van der Waals surface area contributed by atoms with Gasteiger partial charge in [-0.1, -0.05) is 12.1 Å². The summed E-state index contributed by atoms with van der Waals surface area (Å²) >= 11 is 0. The first-order chi connectivity index (χ1) is 13.9. The quantitative estimate of drug-likeness (QED) is 0.805. The third-order valence-corrected chi connectivity index (χ3v) is 4.31. The second kappa shape index (κ2) is 8.06. The molecule has 0 unspecified atom stereocenters. The number of nitriles is 1. The van der Waals surface area contributed by atoms with Crippen molar-refractivity contribution in [3.05, 3.63) is 70.7 Å². The predicted molar refractivity (Wildman–Crippen MR) is 102 cm³/mol. The lowest BCUT2D eigenvalue weighted by molar-refractivity contribution is 0.102. The van der Waals surface area contributed by atoms with E-state index >= 15 is 0 Å². The Hall–Kier alpha value is -3.80. The number of anilines is 1. The maximum absolute atomic E-state index is 13.3. The first-order valence-electron chi connectivity index (χ1n) is 8.56. The molecule has 1 atom stereocenters. The lowest BCUT2D eigenvalue weighted by atomic mass is 9.91. The van der Waals surface area contributed by atoms with Gasteiger partial charge in [0.2, 0.25) is 0 Å². The van der Waals surface area contributed by atoms with Crippen molar-refractivity contribution in [3.63, 3.8) is 0 Å². The number of hydrogen-bond acceptors (Lipinski definition) is 6. The minimum Gasteiger partial charge on any atom is -0.428 e. The summed E-state index contributed by atoms with van der Waals surface area (Å²) in [4.78, 5) is 20.7. The fourth-order valence-electron chi connectivity index (χ4n) is 2.95. The van der Waals surface area contributed by atoms with E-state index in [0.29, 0.717) is 11.3 Å². The number of aromatic nitrogens is 1. The minimum atomic E-state index is -0.985. The number of hydrogen-bond donors (Lipinski definition) is 2. The third kappa shape index (κ3) is 4.21. The number of carbonyl (C=O) groups excluding carboxylic acids is 1. The van der Waals surface area contributed by atoms with Crippen LogP contribution < -0.4 is 11.1 Å². The standard InChI is InChI=1S/C20H17F2N5O2/c1-20(7-16(9-22)29-19(24)27-20)14-3-2-4-15(6-14)26-18(28)17-13(8-21)5-12(10-23)11-25-17/h2-7,11H,8-9H2,1H3,(H2,24,27)(H,26,28)/t20-/m0/s1. The molecule has 0 spiro atoms. The number of halogens is 2. The van der Waals surface area contributed by atoms with Crippen molar-refractivity contribution < 1.29 is 18.3 Å². The number of benzene rings is 1. The molecule has 0 fully saturated rings. The molecule has 0 radical (unpaired) electrons. The van der Waals surface area contributed by atoms with Crippen molar-refractivity contribution in [3.8, 4) is 6.07 Å². The second-order valence-corrected chi connectivity index (χ2v) is 6.46. The molecule has 1 aliphatic rings. The highest BCUT2D eigenvalue weighted by Crippen LogP contribution is 2.33. The summed E-state index contributed by atoms with van der Waals surface area (Å²) in [5.74, 6) is -0.580. The highest BCUT2D eigenvalue weighted by Gasteiger charge is 2.30. The van der Waals surface area contributed by atoms with Crippen molar-refractivity contribution in [2.24, 2.45) is 10.7 Å². The highest BCUT2D eigenvalue weighted by molar-refractivity contribution is 6.04. The van der Waals surface area contributed by atoms with Crippen molar-refractivity contribution in [1.29, 1.82) is 5.26 Å². The Balaban J connectivity index is 1.89. The van der Waals surface area contributed by atoms with Gasteiger partial charge in [-0.2, -0.15) is 5.26 Å². The highest BCUT2D eigenvalue weighted by atomic mass is 19.1. The lowest BCUT2D eigenvalue weighted by Crippen LogP contribution is -2.30. The third-order valence-electron chi connectivity index (χ3n) is 4.31. The van der Waals surface area contributed by atoms with E-state index in [2.05, 4.69) is 15.3 Å². The van der Waals surface area contributed by atoms with Gasteiger partial charge in [0, 0.05) is 17.4 Å². The van der Waals surface area contributed by atoms with Gasteiger partial charge < -0.3 is 15.8 Å². The lowest BCUT2D eigenvalue weighted by Gasteiger charge is -2.27. The zero-order valence-corrected chi connectivity index (χ0v) is 15.4. The molecule has 1 amide bonds. The molecular formula is C20H17F2N5O2. The Morgan fingerprint density at radius 1 is 1.34 bits per heavy atom. The van der Waals surface area contributed by atoms with Gasteiger partial charge in [0.25, 0.3) is 11.9 Å². The second-order valence-electron chi connectivity index (χ2n) is 6.46. The number of alkyl halides is 2. The van der Waals surface area contributed by atoms with E-state index in [1.807, 2.05) is 6.07 Å². The zero-order chi connectivity index (χ0) is 21.0. The molecule has 1 aromatic heterocycles. The summed E-state index contributed by atoms with van der Waals surface area (Å²) in [7, 11) is 0. The molecule has 9 heteroatoms. The fourth-order valence-corrected chi connectivity index (χ4v) is 2.95. The van der Waals surface area contributed by atoms with Crippen LogP contribution in [0.25, 0.3) is 0 Å². The van der Waals surface area contributed by atoms with Gasteiger partial charge in [-0.15, -0.1) is 0 Å². The van der Waals surface area contributed by atoms with Crippen LogP contribution in [-0.4, -0.2) is 23.6 Å². The molecule has 3 N–H and O–H groups in total. The number of ether oxygens (including phenoxy) is 1. The van der Waals surface area contributed by atoms with Crippen LogP contribution in [0, 0.1) is 11.3 Å². The maximum Gasteiger partial charge on any atom is 0.288 e. The first-order valence-corrected chi connectivity index (χ1v) is 8.56. The average molecular weight is 397 g/mol. The molecule has 3 rings (SSSR count). The van der Waals surface area contributed by atoms with Crippen LogP contribution in [0.5, 0.6) is 0 Å². The van der Waals surface area contributed by atoms with Crippen molar-refractivity contribution in [2.75, 3.05) is 12.0 Å². The number of carbonyl (C=O) groups is 1. The zero-order valence-electron chi connectivity index (χ0n) is 15.4. The molecule has 7 nitrogen and oxygen atoms in total. The van der Waals surface area contributed by atoms with E-state index in [9.17, 15) is 13.6 Å². The number of amidine groups is 1. The number of amides is 1. The van der Waals surface area contributed by atoms with Crippen molar-refractivity contribution >= 4 is 17.6 Å². The Kier molecular flexibility index (Phi) is 5.54. The summed E-state index contributed by atoms with van der Waals surface area (Å²) < 4.78 is 31.3. The van der Waals surface area contributed by atoms with Crippen LogP contribution in [0.15, 0.2) is 53.4 Å². The Labute approximate surface area is 165 Å².